The molecule has 0 bridgehead atoms. The van der Waals surface area contributed by atoms with Crippen LogP contribution in [0.4, 0.5) is 13.2 Å². The molecule has 0 saturated carbocycles. The average Bonchev–Trinajstić information content (AvgIpc) is 1.97. The second kappa shape index (κ2) is 3.76. The molecule has 1 rings (SSSR count). The lowest BCUT2D eigenvalue weighted by Crippen LogP contribution is -2.25. The van der Waals surface area contributed by atoms with Gasteiger partial charge in [0.05, 0.1) is 4.90 Å². The number of hydrogen-bond donors (Lipinski definition) is 0. The fourth-order valence-electron chi connectivity index (χ4n) is 1.71. The van der Waals surface area contributed by atoms with E-state index < -0.39 is 20.2 Å². The maximum Gasteiger partial charge on any atom is 0.501 e. The highest BCUT2D eigenvalue weighted by Crippen LogP contribution is 2.34. The number of benzene rings is 1. The van der Waals surface area contributed by atoms with Crippen molar-refractivity contribution in [3.63, 3.8) is 0 Å². The van der Waals surface area contributed by atoms with Gasteiger partial charge in [-0.25, -0.2) is 8.42 Å². The van der Waals surface area contributed by atoms with Crippen LogP contribution in [0.25, 0.3) is 0 Å². The van der Waals surface area contributed by atoms with E-state index in [9.17, 15) is 21.6 Å². The van der Waals surface area contributed by atoms with Gasteiger partial charge in [0, 0.05) is 0 Å². The summed E-state index contributed by atoms with van der Waals surface area (Å²) >= 11 is 0. The molecule has 0 spiro atoms. The molecule has 0 unspecified atom stereocenters. The van der Waals surface area contributed by atoms with Gasteiger partial charge in [0.1, 0.15) is 0 Å². The van der Waals surface area contributed by atoms with Crippen LogP contribution in [0.1, 0.15) is 16.7 Å². The molecule has 1 aromatic carbocycles. The first-order valence-electron chi connectivity index (χ1n) is 4.46. The largest absolute Gasteiger partial charge is 0.501 e. The highest BCUT2D eigenvalue weighted by Gasteiger charge is 2.48. The number of halogens is 3. The van der Waals surface area contributed by atoms with Crippen molar-refractivity contribution in [2.75, 3.05) is 0 Å². The number of rotatable bonds is 1. The van der Waals surface area contributed by atoms with Gasteiger partial charge in [-0.3, -0.25) is 0 Å². The normalized spacial score (nSPS) is 12.9. The van der Waals surface area contributed by atoms with Crippen LogP contribution in [0, 0.1) is 20.8 Å². The standard InChI is InChI=1S/C10H11F3O2S/c1-6-4-7(2)9(8(3)5-6)16(14,15)10(11,12)13/h4-5H,1-3H3. The molecule has 0 saturated heterocycles. The summed E-state index contributed by atoms with van der Waals surface area (Å²) in [5.74, 6) is 0. The highest BCUT2D eigenvalue weighted by atomic mass is 32.2. The third-order valence-electron chi connectivity index (χ3n) is 2.18. The van der Waals surface area contributed by atoms with Crippen LogP contribution in [0.5, 0.6) is 0 Å². The monoisotopic (exact) mass is 252 g/mol. The summed E-state index contributed by atoms with van der Waals surface area (Å²) in [5.41, 5.74) is -4.28. The number of sulfone groups is 1. The predicted molar refractivity (Wildman–Crippen MR) is 53.9 cm³/mol. The van der Waals surface area contributed by atoms with Gasteiger partial charge in [0.25, 0.3) is 9.84 Å². The molecule has 0 heterocycles. The molecule has 0 aliphatic carbocycles. The summed E-state index contributed by atoms with van der Waals surface area (Å²) < 4.78 is 59.7. The van der Waals surface area contributed by atoms with E-state index in [4.69, 9.17) is 0 Å². The molecule has 2 nitrogen and oxygen atoms in total. The minimum absolute atomic E-state index is 0.120. The minimum atomic E-state index is -5.25. The van der Waals surface area contributed by atoms with Crippen LogP contribution < -0.4 is 0 Å². The molecule has 1 aromatic rings. The van der Waals surface area contributed by atoms with Crippen LogP contribution in [-0.4, -0.2) is 13.9 Å². The van der Waals surface area contributed by atoms with E-state index in [0.29, 0.717) is 0 Å². The molecule has 0 N–H and O–H groups in total. The Hall–Kier alpha value is -1.04. The molecule has 0 aliphatic heterocycles. The van der Waals surface area contributed by atoms with Crippen molar-refractivity contribution >= 4 is 9.84 Å². The lowest BCUT2D eigenvalue weighted by molar-refractivity contribution is -0.0436. The second-order valence-corrected chi connectivity index (χ2v) is 5.56. The first-order chi connectivity index (χ1) is 7.07. The average molecular weight is 252 g/mol. The Balaban J connectivity index is 3.59. The lowest BCUT2D eigenvalue weighted by Gasteiger charge is -2.13. The molecular formula is C10H11F3O2S. The zero-order valence-corrected chi connectivity index (χ0v) is 9.83. The smallest absolute Gasteiger partial charge is 0.214 e. The lowest BCUT2D eigenvalue weighted by atomic mass is 10.1. The Morgan fingerprint density at radius 1 is 1.00 bits per heavy atom. The molecular weight excluding hydrogens is 241 g/mol. The van der Waals surface area contributed by atoms with Crippen LogP contribution >= 0.6 is 0 Å². The third-order valence-corrected chi connectivity index (χ3v) is 3.97. The summed E-state index contributed by atoms with van der Waals surface area (Å²) in [4.78, 5) is -0.634. The van der Waals surface area contributed by atoms with Gasteiger partial charge in [0.2, 0.25) is 0 Å². The number of aryl methyl sites for hydroxylation is 3. The van der Waals surface area contributed by atoms with Gasteiger partial charge in [-0.2, -0.15) is 13.2 Å². The van der Waals surface area contributed by atoms with Crippen molar-refractivity contribution in [2.45, 2.75) is 31.2 Å². The first kappa shape index (κ1) is 13.0. The Morgan fingerprint density at radius 2 is 1.38 bits per heavy atom. The van der Waals surface area contributed by atoms with Crippen molar-refractivity contribution in [3.8, 4) is 0 Å². The van der Waals surface area contributed by atoms with Gasteiger partial charge >= 0.3 is 5.51 Å². The van der Waals surface area contributed by atoms with Crippen LogP contribution in [0.3, 0.4) is 0 Å². The fourth-order valence-corrected chi connectivity index (χ4v) is 2.90. The minimum Gasteiger partial charge on any atom is -0.214 e. The van der Waals surface area contributed by atoms with Gasteiger partial charge in [-0.1, -0.05) is 17.7 Å². The van der Waals surface area contributed by atoms with Gasteiger partial charge in [-0.05, 0) is 31.9 Å². The zero-order valence-electron chi connectivity index (χ0n) is 9.01. The Kier molecular flexibility index (Phi) is 3.06. The van der Waals surface area contributed by atoms with E-state index in [2.05, 4.69) is 0 Å². The van der Waals surface area contributed by atoms with Crippen LogP contribution in [0.2, 0.25) is 0 Å². The number of alkyl halides is 3. The van der Waals surface area contributed by atoms with E-state index in [0.717, 1.165) is 5.56 Å². The zero-order chi connectivity index (χ0) is 12.7. The third kappa shape index (κ3) is 2.07. The maximum absolute atomic E-state index is 12.4. The highest BCUT2D eigenvalue weighted by molar-refractivity contribution is 7.92. The number of hydrogen-bond acceptors (Lipinski definition) is 2. The van der Waals surface area contributed by atoms with E-state index in [-0.39, 0.29) is 11.1 Å². The Labute approximate surface area is 92.0 Å². The molecule has 16 heavy (non-hydrogen) atoms. The van der Waals surface area contributed by atoms with Crippen molar-refractivity contribution < 1.29 is 21.6 Å². The Bertz CT molecular complexity index is 492. The van der Waals surface area contributed by atoms with Crippen molar-refractivity contribution in [2.24, 2.45) is 0 Å². The first-order valence-corrected chi connectivity index (χ1v) is 5.95. The summed E-state index contributed by atoms with van der Waals surface area (Å²) in [5, 5.41) is 0. The Morgan fingerprint density at radius 3 is 1.69 bits per heavy atom. The molecule has 0 fully saturated rings. The molecule has 0 aliphatic rings. The quantitative estimate of drug-likeness (QED) is 0.770. The van der Waals surface area contributed by atoms with E-state index in [1.807, 2.05) is 0 Å². The van der Waals surface area contributed by atoms with Crippen molar-refractivity contribution in [1.29, 1.82) is 0 Å². The molecule has 0 aromatic heterocycles. The van der Waals surface area contributed by atoms with E-state index in [1.54, 1.807) is 6.92 Å². The van der Waals surface area contributed by atoms with Gasteiger partial charge < -0.3 is 0 Å². The summed E-state index contributed by atoms with van der Waals surface area (Å²) in [6.07, 6.45) is 0. The van der Waals surface area contributed by atoms with Gasteiger partial charge in [-0.15, -0.1) is 0 Å². The molecule has 0 atom stereocenters. The topological polar surface area (TPSA) is 34.1 Å². The maximum atomic E-state index is 12.4. The molecule has 0 radical (unpaired) electrons. The second-order valence-electron chi connectivity index (χ2n) is 3.68. The SMILES string of the molecule is Cc1cc(C)c(S(=O)(=O)C(F)(F)F)c(C)c1. The van der Waals surface area contributed by atoms with Crippen molar-refractivity contribution in [3.05, 3.63) is 28.8 Å². The van der Waals surface area contributed by atoms with Crippen molar-refractivity contribution in [1.82, 2.24) is 0 Å². The summed E-state index contributed by atoms with van der Waals surface area (Å²) in [7, 11) is -5.25. The molecule has 6 heteroatoms. The van der Waals surface area contributed by atoms with Crippen LogP contribution in [-0.2, 0) is 9.84 Å². The van der Waals surface area contributed by atoms with E-state index in [1.165, 1.54) is 26.0 Å². The van der Waals surface area contributed by atoms with Gasteiger partial charge in [0.15, 0.2) is 0 Å². The molecule has 90 valence electrons. The summed E-state index contributed by atoms with van der Waals surface area (Å²) in [6.45, 7) is 4.42. The summed E-state index contributed by atoms with van der Waals surface area (Å²) in [6, 6.07) is 2.84. The molecule has 0 amide bonds. The fraction of sp³-hybridized carbons (Fsp3) is 0.400. The predicted octanol–water partition coefficient (Wildman–Crippen LogP) is 2.91. The van der Waals surface area contributed by atoms with Crippen LogP contribution in [0.15, 0.2) is 17.0 Å². The van der Waals surface area contributed by atoms with E-state index >= 15 is 0 Å².